The lowest BCUT2D eigenvalue weighted by atomic mass is 10.1. The summed E-state index contributed by atoms with van der Waals surface area (Å²) >= 11 is 0. The Kier molecular flexibility index (Phi) is 7.67. The summed E-state index contributed by atoms with van der Waals surface area (Å²) in [5.74, 6) is 0. The van der Waals surface area contributed by atoms with E-state index in [1.165, 1.54) is 0 Å². The number of nitrogens with one attached hydrogen (secondary N) is 1. The molecule has 0 aliphatic heterocycles. The number of hydrogen-bond acceptors (Lipinski definition) is 3. The van der Waals surface area contributed by atoms with Crippen LogP contribution in [0.4, 0.5) is 13.2 Å². The Morgan fingerprint density at radius 2 is 2.05 bits per heavy atom. The van der Waals surface area contributed by atoms with Crippen molar-refractivity contribution in [1.29, 1.82) is 0 Å². The first-order valence-corrected chi connectivity index (χ1v) is 7.26. The van der Waals surface area contributed by atoms with Crippen LogP contribution in [0.2, 0.25) is 0 Å². The monoisotopic (exact) mass is 304 g/mol. The number of ether oxygens (including phenoxy) is 1. The van der Waals surface area contributed by atoms with E-state index < -0.39 is 12.8 Å². The zero-order chi connectivity index (χ0) is 15.7. The summed E-state index contributed by atoms with van der Waals surface area (Å²) < 4.78 is 41.1. The predicted octanol–water partition coefficient (Wildman–Crippen LogP) is 3.13. The molecule has 0 saturated carbocycles. The fraction of sp³-hybridized carbons (Fsp3) is 0.667. The quantitative estimate of drug-likeness (QED) is 0.761. The van der Waals surface area contributed by atoms with Gasteiger partial charge in [-0.05, 0) is 31.0 Å². The summed E-state index contributed by atoms with van der Waals surface area (Å²) in [5.41, 5.74) is 2.00. The van der Waals surface area contributed by atoms with Gasteiger partial charge in [0.15, 0.2) is 0 Å². The number of hydrogen-bond donors (Lipinski definition) is 1. The van der Waals surface area contributed by atoms with Crippen LogP contribution >= 0.6 is 0 Å². The summed E-state index contributed by atoms with van der Waals surface area (Å²) in [7, 11) is 0. The zero-order valence-electron chi connectivity index (χ0n) is 12.5. The van der Waals surface area contributed by atoms with E-state index in [9.17, 15) is 13.2 Å². The second-order valence-electron chi connectivity index (χ2n) is 5.00. The molecule has 3 nitrogen and oxygen atoms in total. The molecule has 0 aliphatic rings. The van der Waals surface area contributed by atoms with Crippen molar-refractivity contribution in [1.82, 2.24) is 10.3 Å². The number of aryl methyl sites for hydroxylation is 1. The highest BCUT2D eigenvalue weighted by atomic mass is 19.4. The summed E-state index contributed by atoms with van der Waals surface area (Å²) in [5, 5.41) is 3.20. The minimum atomic E-state index is -4.28. The molecule has 1 N–H and O–H groups in total. The van der Waals surface area contributed by atoms with Gasteiger partial charge in [0.25, 0.3) is 0 Å². The van der Waals surface area contributed by atoms with Gasteiger partial charge in [-0.1, -0.05) is 19.9 Å². The number of nitrogens with zero attached hydrogens (tertiary/aromatic N) is 1. The molecule has 0 saturated heterocycles. The van der Waals surface area contributed by atoms with E-state index in [0.717, 1.165) is 30.6 Å². The van der Waals surface area contributed by atoms with Gasteiger partial charge in [0.1, 0.15) is 6.61 Å². The summed E-state index contributed by atoms with van der Waals surface area (Å²) in [6.45, 7) is 3.62. The van der Waals surface area contributed by atoms with Crippen molar-refractivity contribution in [3.8, 4) is 0 Å². The van der Waals surface area contributed by atoms with Gasteiger partial charge in [-0.25, -0.2) is 0 Å². The molecule has 0 aromatic carbocycles. The van der Waals surface area contributed by atoms with Gasteiger partial charge in [-0.2, -0.15) is 13.2 Å². The molecule has 1 aromatic heterocycles. The SMILES string of the molecule is CCCNC(COCC(F)(F)F)Cc1ccc(CC)cn1. The van der Waals surface area contributed by atoms with E-state index in [4.69, 9.17) is 4.74 Å². The van der Waals surface area contributed by atoms with Crippen LogP contribution < -0.4 is 5.32 Å². The molecule has 1 unspecified atom stereocenters. The maximum atomic E-state index is 12.1. The smallest absolute Gasteiger partial charge is 0.370 e. The average Bonchev–Trinajstić information content (AvgIpc) is 2.44. The van der Waals surface area contributed by atoms with Gasteiger partial charge in [0, 0.05) is 24.4 Å². The topological polar surface area (TPSA) is 34.1 Å². The van der Waals surface area contributed by atoms with Crippen molar-refractivity contribution >= 4 is 0 Å². The number of rotatable bonds is 9. The van der Waals surface area contributed by atoms with Gasteiger partial charge < -0.3 is 10.1 Å². The third kappa shape index (κ3) is 8.02. The molecular formula is C15H23F3N2O. The first kappa shape index (κ1) is 17.9. The van der Waals surface area contributed by atoms with E-state index in [2.05, 4.69) is 10.3 Å². The van der Waals surface area contributed by atoms with Crippen LogP contribution in [0.25, 0.3) is 0 Å². The second kappa shape index (κ2) is 9.00. The van der Waals surface area contributed by atoms with Crippen LogP contribution in [-0.2, 0) is 17.6 Å². The zero-order valence-corrected chi connectivity index (χ0v) is 12.5. The summed E-state index contributed by atoms with van der Waals surface area (Å²) in [6.07, 6.45) is -0.0849. The minimum Gasteiger partial charge on any atom is -0.370 e. The number of halogens is 3. The van der Waals surface area contributed by atoms with Gasteiger partial charge in [-0.15, -0.1) is 0 Å². The molecule has 0 aliphatic carbocycles. The third-order valence-corrected chi connectivity index (χ3v) is 3.02. The van der Waals surface area contributed by atoms with Crippen molar-refractivity contribution in [2.75, 3.05) is 19.8 Å². The molecule has 1 aromatic rings. The predicted molar refractivity (Wildman–Crippen MR) is 76.3 cm³/mol. The minimum absolute atomic E-state index is 0.0245. The van der Waals surface area contributed by atoms with Crippen molar-refractivity contribution < 1.29 is 17.9 Å². The van der Waals surface area contributed by atoms with Crippen LogP contribution in [-0.4, -0.2) is 37.0 Å². The number of pyridine rings is 1. The normalized spacial score (nSPS) is 13.4. The Bertz CT molecular complexity index is 393. The Labute approximate surface area is 123 Å². The molecule has 1 rings (SSSR count). The van der Waals surface area contributed by atoms with Gasteiger partial charge >= 0.3 is 6.18 Å². The van der Waals surface area contributed by atoms with E-state index in [1.807, 2.05) is 32.2 Å². The van der Waals surface area contributed by atoms with Crippen LogP contribution in [0.1, 0.15) is 31.5 Å². The fourth-order valence-corrected chi connectivity index (χ4v) is 1.89. The van der Waals surface area contributed by atoms with Crippen molar-refractivity contribution in [3.05, 3.63) is 29.6 Å². The van der Waals surface area contributed by atoms with Crippen LogP contribution in [0.15, 0.2) is 18.3 Å². The molecule has 0 fully saturated rings. The molecule has 21 heavy (non-hydrogen) atoms. The average molecular weight is 304 g/mol. The van der Waals surface area contributed by atoms with Crippen LogP contribution in [0.5, 0.6) is 0 Å². The standard InChI is InChI=1S/C15H23F3N2O/c1-3-7-19-14(10-21-11-15(16,17)18)8-13-6-5-12(4-2)9-20-13/h5-6,9,14,19H,3-4,7-8,10-11H2,1-2H3. The molecule has 1 heterocycles. The Morgan fingerprint density at radius 1 is 1.29 bits per heavy atom. The van der Waals surface area contributed by atoms with Crippen LogP contribution in [0, 0.1) is 0 Å². The summed E-state index contributed by atoms with van der Waals surface area (Å²) in [4.78, 5) is 4.34. The molecule has 120 valence electrons. The maximum absolute atomic E-state index is 12.1. The van der Waals surface area contributed by atoms with E-state index in [1.54, 1.807) is 0 Å². The number of alkyl halides is 3. The highest BCUT2D eigenvalue weighted by molar-refractivity contribution is 5.14. The van der Waals surface area contributed by atoms with Gasteiger partial charge in [0.05, 0.1) is 6.61 Å². The van der Waals surface area contributed by atoms with Crippen molar-refractivity contribution in [2.24, 2.45) is 0 Å². The van der Waals surface area contributed by atoms with E-state index in [-0.39, 0.29) is 12.6 Å². The lowest BCUT2D eigenvalue weighted by Crippen LogP contribution is -2.37. The Balaban J connectivity index is 2.51. The Morgan fingerprint density at radius 3 is 2.57 bits per heavy atom. The lowest BCUT2D eigenvalue weighted by molar-refractivity contribution is -0.175. The van der Waals surface area contributed by atoms with Gasteiger partial charge in [-0.3, -0.25) is 4.98 Å². The lowest BCUT2D eigenvalue weighted by Gasteiger charge is -2.19. The molecule has 6 heteroatoms. The molecule has 0 bridgehead atoms. The Hall–Kier alpha value is -1.14. The molecular weight excluding hydrogens is 281 g/mol. The first-order valence-electron chi connectivity index (χ1n) is 7.26. The van der Waals surface area contributed by atoms with Crippen molar-refractivity contribution in [2.45, 2.75) is 45.3 Å². The maximum Gasteiger partial charge on any atom is 0.411 e. The third-order valence-electron chi connectivity index (χ3n) is 3.02. The summed E-state index contributed by atoms with van der Waals surface area (Å²) in [6, 6.07) is 3.76. The second-order valence-corrected chi connectivity index (χ2v) is 5.00. The highest BCUT2D eigenvalue weighted by Gasteiger charge is 2.27. The number of aromatic nitrogens is 1. The van der Waals surface area contributed by atoms with Crippen molar-refractivity contribution in [3.63, 3.8) is 0 Å². The molecule has 1 atom stereocenters. The highest BCUT2D eigenvalue weighted by Crippen LogP contribution is 2.14. The largest absolute Gasteiger partial charge is 0.411 e. The first-order chi connectivity index (χ1) is 9.94. The van der Waals surface area contributed by atoms with E-state index >= 15 is 0 Å². The molecule has 0 amide bonds. The van der Waals surface area contributed by atoms with E-state index in [0.29, 0.717) is 6.42 Å². The van der Waals surface area contributed by atoms with Gasteiger partial charge in [0.2, 0.25) is 0 Å². The van der Waals surface area contributed by atoms with Crippen LogP contribution in [0.3, 0.4) is 0 Å². The molecule has 0 spiro atoms. The fourth-order valence-electron chi connectivity index (χ4n) is 1.89. The molecule has 0 radical (unpaired) electrons.